The highest BCUT2D eigenvalue weighted by Gasteiger charge is 2.78. The number of ether oxygens (including phenoxy) is 3. The van der Waals surface area contributed by atoms with Gasteiger partial charge in [-0.25, -0.2) is 0 Å². The SMILES string of the molecule is CCN1C[C@]2(COC)C(=O)CC[C@@]34[C@H](CCl)c5cc(O)c(OC)cc5[C@@H]([C@H](OC)[C@H]23)[C@@H]14. The Bertz CT molecular complexity index is 908. The molecule has 31 heavy (non-hydrogen) atoms. The van der Waals surface area contributed by atoms with E-state index in [-0.39, 0.29) is 46.8 Å². The summed E-state index contributed by atoms with van der Waals surface area (Å²) in [5.74, 6) is 1.45. The van der Waals surface area contributed by atoms with Gasteiger partial charge in [0.1, 0.15) is 5.78 Å². The molecule has 1 N–H and O–H groups in total. The molecule has 6 nitrogen and oxygen atoms in total. The zero-order chi connectivity index (χ0) is 22.1. The summed E-state index contributed by atoms with van der Waals surface area (Å²) in [6.45, 7) is 4.11. The molecular formula is C24H32ClNO5. The van der Waals surface area contributed by atoms with Gasteiger partial charge in [0.25, 0.3) is 0 Å². The molecular weight excluding hydrogens is 418 g/mol. The lowest BCUT2D eigenvalue weighted by Crippen LogP contribution is -2.70. The fraction of sp³-hybridized carbons (Fsp3) is 0.708. The van der Waals surface area contributed by atoms with Crippen molar-refractivity contribution < 1.29 is 24.1 Å². The number of rotatable bonds is 6. The number of benzene rings is 1. The van der Waals surface area contributed by atoms with Crippen molar-refractivity contribution in [3.63, 3.8) is 0 Å². The van der Waals surface area contributed by atoms with Gasteiger partial charge in [-0.05, 0) is 36.2 Å². The first kappa shape index (κ1) is 21.5. The van der Waals surface area contributed by atoms with E-state index in [4.69, 9.17) is 25.8 Å². The molecule has 1 aromatic carbocycles. The zero-order valence-electron chi connectivity index (χ0n) is 18.7. The van der Waals surface area contributed by atoms with Crippen molar-refractivity contribution in [2.75, 3.05) is 46.9 Å². The number of methoxy groups -OCH3 is 3. The molecule has 3 fully saturated rings. The molecule has 3 aliphatic carbocycles. The molecule has 7 atom stereocenters. The molecule has 5 bridgehead atoms. The van der Waals surface area contributed by atoms with E-state index in [1.165, 1.54) is 0 Å². The lowest BCUT2D eigenvalue weighted by Gasteiger charge is -2.64. The summed E-state index contributed by atoms with van der Waals surface area (Å²) < 4.78 is 17.4. The zero-order valence-corrected chi connectivity index (χ0v) is 19.4. The number of carbonyl (C=O) groups is 1. The average Bonchev–Trinajstić information content (AvgIpc) is 2.92. The topological polar surface area (TPSA) is 68.2 Å². The Morgan fingerprint density at radius 3 is 2.65 bits per heavy atom. The average molecular weight is 450 g/mol. The maximum Gasteiger partial charge on any atom is 0.160 e. The number of phenolic OH excluding ortho intramolecular Hbond substituents is 1. The van der Waals surface area contributed by atoms with Crippen LogP contribution in [0.25, 0.3) is 0 Å². The Labute approximate surface area is 188 Å². The first-order valence-corrected chi connectivity index (χ1v) is 11.7. The van der Waals surface area contributed by atoms with Crippen LogP contribution in [0.15, 0.2) is 12.1 Å². The Balaban J connectivity index is 1.83. The second kappa shape index (κ2) is 7.34. The number of aromatic hydroxyl groups is 1. The van der Waals surface area contributed by atoms with Gasteiger partial charge in [0, 0.05) is 62.3 Å². The Morgan fingerprint density at radius 1 is 1.26 bits per heavy atom. The second-order valence-electron chi connectivity index (χ2n) is 9.70. The van der Waals surface area contributed by atoms with Crippen LogP contribution >= 0.6 is 11.6 Å². The molecule has 0 unspecified atom stereocenters. The standard InChI is InChI=1S/C24H32ClNO5/c1-5-26-11-23(12-29-2)18(28)6-7-24-15(10-25)13-8-16(27)17(30-3)9-14(13)19(22(24)26)20(31-4)21(23)24/h8-9,15,19-22,27H,5-7,10-12H2,1-4H3/t15-,19+,20+,21-,22-,23+,24-/m1/s1. The van der Waals surface area contributed by atoms with Crippen molar-refractivity contribution in [1.29, 1.82) is 0 Å². The number of hydrogen-bond donors (Lipinski definition) is 1. The lowest BCUT2D eigenvalue weighted by atomic mass is 9.46. The van der Waals surface area contributed by atoms with E-state index in [9.17, 15) is 9.90 Å². The number of likely N-dealkylation sites (N-methyl/N-ethyl adjacent to an activating group) is 1. The molecule has 0 amide bonds. The summed E-state index contributed by atoms with van der Waals surface area (Å²) >= 11 is 6.73. The van der Waals surface area contributed by atoms with E-state index in [0.29, 0.717) is 31.2 Å². The molecule has 0 aromatic heterocycles. The highest BCUT2D eigenvalue weighted by atomic mass is 35.5. The number of carbonyl (C=O) groups excluding carboxylic acids is 1. The third-order valence-electron chi connectivity index (χ3n) is 8.97. The largest absolute Gasteiger partial charge is 0.504 e. The van der Waals surface area contributed by atoms with Gasteiger partial charge in [0.15, 0.2) is 11.5 Å². The van der Waals surface area contributed by atoms with Crippen molar-refractivity contribution in [2.24, 2.45) is 16.7 Å². The number of hydrogen-bond acceptors (Lipinski definition) is 6. The van der Waals surface area contributed by atoms with E-state index in [2.05, 4.69) is 11.8 Å². The van der Waals surface area contributed by atoms with Crippen molar-refractivity contribution >= 4 is 17.4 Å². The van der Waals surface area contributed by atoms with Gasteiger partial charge in [-0.2, -0.15) is 0 Å². The number of fused-ring (bicyclic) bond motifs is 2. The van der Waals surface area contributed by atoms with Gasteiger partial charge < -0.3 is 19.3 Å². The number of Topliss-reactive ketones (excluding diaryl/α,β-unsaturated/α-hetero) is 1. The van der Waals surface area contributed by atoms with Crippen molar-refractivity contribution in [2.45, 2.75) is 43.7 Å². The van der Waals surface area contributed by atoms with Gasteiger partial charge in [0.2, 0.25) is 0 Å². The number of phenols is 1. The molecule has 1 spiro atoms. The first-order valence-electron chi connectivity index (χ1n) is 11.2. The van der Waals surface area contributed by atoms with Gasteiger partial charge in [-0.3, -0.25) is 9.69 Å². The highest BCUT2D eigenvalue weighted by Crippen LogP contribution is 2.74. The van der Waals surface area contributed by atoms with Crippen LogP contribution in [0.5, 0.6) is 11.5 Å². The molecule has 2 saturated carbocycles. The molecule has 5 rings (SSSR count). The van der Waals surface area contributed by atoms with E-state index in [1.54, 1.807) is 21.3 Å². The van der Waals surface area contributed by atoms with Gasteiger partial charge in [-0.15, -0.1) is 11.6 Å². The fourth-order valence-electron chi connectivity index (χ4n) is 8.19. The fourth-order valence-corrected chi connectivity index (χ4v) is 8.64. The predicted molar refractivity (Wildman–Crippen MR) is 117 cm³/mol. The summed E-state index contributed by atoms with van der Waals surface area (Å²) in [6, 6.07) is 4.04. The first-order chi connectivity index (χ1) is 14.9. The van der Waals surface area contributed by atoms with Crippen LogP contribution in [0.1, 0.15) is 42.7 Å². The van der Waals surface area contributed by atoms with Crippen LogP contribution in [0.3, 0.4) is 0 Å². The van der Waals surface area contributed by atoms with E-state index in [0.717, 1.165) is 24.1 Å². The number of ketones is 1. The Hall–Kier alpha value is -1.34. The molecule has 1 saturated heterocycles. The summed E-state index contributed by atoms with van der Waals surface area (Å²) in [6.07, 6.45) is 1.22. The van der Waals surface area contributed by atoms with Gasteiger partial charge in [-0.1, -0.05) is 6.92 Å². The van der Waals surface area contributed by atoms with Crippen LogP contribution in [-0.4, -0.2) is 74.8 Å². The highest BCUT2D eigenvalue weighted by molar-refractivity contribution is 6.18. The van der Waals surface area contributed by atoms with Crippen molar-refractivity contribution in [1.82, 2.24) is 4.90 Å². The number of alkyl halides is 1. The quantitative estimate of drug-likeness (QED) is 0.673. The number of likely N-dealkylation sites (tertiary alicyclic amines) is 1. The van der Waals surface area contributed by atoms with Crippen LogP contribution in [0.4, 0.5) is 0 Å². The predicted octanol–water partition coefficient (Wildman–Crippen LogP) is 3.15. The molecule has 1 aromatic rings. The molecule has 0 radical (unpaired) electrons. The normalized spacial score (nSPS) is 40.7. The maximum absolute atomic E-state index is 13.6. The third-order valence-corrected chi connectivity index (χ3v) is 9.28. The van der Waals surface area contributed by atoms with E-state index >= 15 is 0 Å². The maximum atomic E-state index is 13.6. The summed E-state index contributed by atoms with van der Waals surface area (Å²) in [4.78, 5) is 16.1. The molecule has 170 valence electrons. The molecule has 7 heteroatoms. The third kappa shape index (κ3) is 2.42. The Morgan fingerprint density at radius 2 is 2.03 bits per heavy atom. The van der Waals surface area contributed by atoms with E-state index in [1.807, 2.05) is 12.1 Å². The van der Waals surface area contributed by atoms with E-state index < -0.39 is 5.41 Å². The minimum atomic E-state index is -0.604. The van der Waals surface area contributed by atoms with Crippen LogP contribution < -0.4 is 4.74 Å². The van der Waals surface area contributed by atoms with Crippen LogP contribution in [0, 0.1) is 16.7 Å². The van der Waals surface area contributed by atoms with Crippen LogP contribution in [-0.2, 0) is 14.3 Å². The monoisotopic (exact) mass is 449 g/mol. The number of halogens is 1. The van der Waals surface area contributed by atoms with Crippen molar-refractivity contribution in [3.8, 4) is 11.5 Å². The van der Waals surface area contributed by atoms with Gasteiger partial charge >= 0.3 is 0 Å². The summed E-state index contributed by atoms with van der Waals surface area (Å²) in [5.41, 5.74) is 1.42. The Kier molecular flexibility index (Phi) is 5.09. The minimum absolute atomic E-state index is 0.0195. The van der Waals surface area contributed by atoms with Crippen molar-refractivity contribution in [3.05, 3.63) is 23.3 Å². The van der Waals surface area contributed by atoms with Crippen LogP contribution in [0.2, 0.25) is 0 Å². The molecule has 1 heterocycles. The van der Waals surface area contributed by atoms with Gasteiger partial charge in [0.05, 0.1) is 25.2 Å². The number of nitrogens with zero attached hydrogens (tertiary/aromatic N) is 1. The summed E-state index contributed by atoms with van der Waals surface area (Å²) in [5, 5.41) is 10.6. The second-order valence-corrected chi connectivity index (χ2v) is 10.0. The molecule has 1 aliphatic heterocycles. The molecule has 4 aliphatic rings. The number of piperidine rings is 1. The smallest absolute Gasteiger partial charge is 0.160 e. The lowest BCUT2D eigenvalue weighted by molar-refractivity contribution is -0.182. The minimum Gasteiger partial charge on any atom is -0.504 e. The summed E-state index contributed by atoms with van der Waals surface area (Å²) in [7, 11) is 5.02.